The van der Waals surface area contributed by atoms with E-state index in [1.807, 2.05) is 0 Å². The van der Waals surface area contributed by atoms with Gasteiger partial charge in [0.25, 0.3) is 0 Å². The molecule has 1 aliphatic carbocycles. The Labute approximate surface area is 86.7 Å². The Morgan fingerprint density at radius 1 is 1.33 bits per heavy atom. The average molecular weight is 213 g/mol. The molecule has 0 bridgehead atoms. The molecule has 0 heterocycles. The minimum atomic E-state index is -0.793. The van der Waals surface area contributed by atoms with Crippen LogP contribution in [0.3, 0.4) is 0 Å². The third kappa shape index (κ3) is 1.49. The zero-order valence-corrected chi connectivity index (χ0v) is 8.43. The Morgan fingerprint density at radius 2 is 1.93 bits per heavy atom. The van der Waals surface area contributed by atoms with Crippen LogP contribution in [0.2, 0.25) is 0 Å². The maximum Gasteiger partial charge on any atom is 0.165 e. The number of benzene rings is 1. The van der Waals surface area contributed by atoms with Gasteiger partial charge < -0.3 is 10.8 Å². The predicted molar refractivity (Wildman–Crippen MR) is 52.6 cm³/mol. The lowest BCUT2D eigenvalue weighted by molar-refractivity contribution is 0.419. The summed E-state index contributed by atoms with van der Waals surface area (Å²) in [7, 11) is 0. The van der Waals surface area contributed by atoms with Crippen LogP contribution in [0.25, 0.3) is 0 Å². The fourth-order valence-electron chi connectivity index (χ4n) is 2.02. The first-order valence-corrected chi connectivity index (χ1v) is 4.91. The van der Waals surface area contributed by atoms with Crippen LogP contribution in [-0.4, -0.2) is 11.1 Å². The lowest BCUT2D eigenvalue weighted by atomic mass is 9.89. The van der Waals surface area contributed by atoms with Gasteiger partial charge in [0.05, 0.1) is 0 Å². The second-order valence-corrected chi connectivity index (χ2v) is 4.23. The Kier molecular flexibility index (Phi) is 2.19. The molecule has 82 valence electrons. The molecule has 1 aliphatic rings. The van der Waals surface area contributed by atoms with Crippen molar-refractivity contribution < 1.29 is 13.9 Å². The maximum atomic E-state index is 13.5. The molecule has 1 unspecified atom stereocenters. The van der Waals surface area contributed by atoms with Gasteiger partial charge in [-0.25, -0.2) is 8.78 Å². The first kappa shape index (κ1) is 10.4. The van der Waals surface area contributed by atoms with Crippen LogP contribution in [0.15, 0.2) is 12.1 Å². The van der Waals surface area contributed by atoms with Gasteiger partial charge in [0.1, 0.15) is 5.82 Å². The van der Waals surface area contributed by atoms with Crippen LogP contribution in [0.1, 0.15) is 25.3 Å². The number of rotatable bonds is 2. The van der Waals surface area contributed by atoms with Crippen LogP contribution in [0.4, 0.5) is 8.78 Å². The molecule has 0 aromatic heterocycles. The Bertz CT molecular complexity index is 400. The average Bonchev–Trinajstić information content (AvgIpc) is 2.92. The number of nitrogens with two attached hydrogens (primary N) is 1. The molecule has 1 saturated carbocycles. The van der Waals surface area contributed by atoms with Gasteiger partial charge >= 0.3 is 0 Å². The van der Waals surface area contributed by atoms with Crippen LogP contribution < -0.4 is 5.73 Å². The molecule has 0 spiro atoms. The largest absolute Gasteiger partial charge is 0.505 e. The monoisotopic (exact) mass is 213 g/mol. The van der Waals surface area contributed by atoms with Gasteiger partial charge in [-0.1, -0.05) is 0 Å². The molecule has 0 radical (unpaired) electrons. The summed E-state index contributed by atoms with van der Waals surface area (Å²) in [4.78, 5) is 0. The molecule has 1 aromatic carbocycles. The fourth-order valence-corrected chi connectivity index (χ4v) is 2.02. The Morgan fingerprint density at radius 3 is 2.40 bits per heavy atom. The molecule has 3 N–H and O–H groups in total. The number of phenols is 1. The quantitative estimate of drug-likeness (QED) is 0.789. The Hall–Kier alpha value is -1.16. The predicted octanol–water partition coefficient (Wildman–Crippen LogP) is 2.05. The first-order valence-electron chi connectivity index (χ1n) is 4.91. The summed E-state index contributed by atoms with van der Waals surface area (Å²) in [6.45, 7) is 1.79. The van der Waals surface area contributed by atoms with E-state index in [1.54, 1.807) is 6.92 Å². The van der Waals surface area contributed by atoms with Crippen LogP contribution in [0, 0.1) is 11.6 Å². The van der Waals surface area contributed by atoms with Crippen molar-refractivity contribution in [2.75, 3.05) is 0 Å². The SMILES string of the molecule is CC(N)C1(c2cc(F)c(O)cc2F)CC1. The summed E-state index contributed by atoms with van der Waals surface area (Å²) in [6.07, 6.45) is 1.54. The van der Waals surface area contributed by atoms with Crippen molar-refractivity contribution >= 4 is 0 Å². The molecular weight excluding hydrogens is 200 g/mol. The number of aromatic hydroxyl groups is 1. The molecule has 2 rings (SSSR count). The lowest BCUT2D eigenvalue weighted by Gasteiger charge is -2.20. The van der Waals surface area contributed by atoms with E-state index in [0.29, 0.717) is 0 Å². The second-order valence-electron chi connectivity index (χ2n) is 4.23. The Balaban J connectivity index is 2.49. The van der Waals surface area contributed by atoms with Crippen molar-refractivity contribution in [3.8, 4) is 5.75 Å². The molecule has 1 atom stereocenters. The highest BCUT2D eigenvalue weighted by Crippen LogP contribution is 2.51. The number of hydrogen-bond acceptors (Lipinski definition) is 2. The molecule has 1 fully saturated rings. The van der Waals surface area contributed by atoms with E-state index in [4.69, 9.17) is 10.8 Å². The molecule has 1 aromatic rings. The van der Waals surface area contributed by atoms with Crippen molar-refractivity contribution in [2.24, 2.45) is 5.73 Å². The summed E-state index contributed by atoms with van der Waals surface area (Å²) in [5.41, 5.74) is 5.62. The van der Waals surface area contributed by atoms with Crippen LogP contribution in [0.5, 0.6) is 5.75 Å². The van der Waals surface area contributed by atoms with E-state index < -0.39 is 22.8 Å². The van der Waals surface area contributed by atoms with Gasteiger partial charge in [0.15, 0.2) is 11.6 Å². The molecule has 0 saturated heterocycles. The van der Waals surface area contributed by atoms with E-state index >= 15 is 0 Å². The van der Waals surface area contributed by atoms with Crippen LogP contribution in [-0.2, 0) is 5.41 Å². The van der Waals surface area contributed by atoms with Crippen molar-refractivity contribution in [3.63, 3.8) is 0 Å². The standard InChI is InChI=1S/C11H13F2NO/c1-6(14)11(2-3-11)7-4-9(13)10(15)5-8(7)12/h4-6,15H,2-3,14H2,1H3. The van der Waals surface area contributed by atoms with Gasteiger partial charge in [-0.15, -0.1) is 0 Å². The first-order chi connectivity index (χ1) is 6.97. The number of hydrogen-bond donors (Lipinski definition) is 2. The van der Waals surface area contributed by atoms with E-state index in [0.717, 1.165) is 25.0 Å². The van der Waals surface area contributed by atoms with Gasteiger partial charge in [-0.3, -0.25) is 0 Å². The van der Waals surface area contributed by atoms with Crippen LogP contribution >= 0.6 is 0 Å². The zero-order valence-electron chi connectivity index (χ0n) is 8.43. The van der Waals surface area contributed by atoms with E-state index in [9.17, 15) is 8.78 Å². The molecule has 2 nitrogen and oxygen atoms in total. The normalized spacial score (nSPS) is 20.0. The number of halogens is 2. The molecule has 15 heavy (non-hydrogen) atoms. The van der Waals surface area contributed by atoms with Crippen molar-refractivity contribution in [2.45, 2.75) is 31.2 Å². The lowest BCUT2D eigenvalue weighted by Crippen LogP contribution is -2.32. The summed E-state index contributed by atoms with van der Waals surface area (Å²) < 4.78 is 26.7. The summed E-state index contributed by atoms with van der Waals surface area (Å²) in [5, 5.41) is 9.00. The highest BCUT2D eigenvalue weighted by Gasteiger charge is 2.49. The van der Waals surface area contributed by atoms with Crippen molar-refractivity contribution in [1.29, 1.82) is 0 Å². The summed E-state index contributed by atoms with van der Waals surface area (Å²) >= 11 is 0. The summed E-state index contributed by atoms with van der Waals surface area (Å²) in [6, 6.07) is 1.66. The highest BCUT2D eigenvalue weighted by atomic mass is 19.1. The topological polar surface area (TPSA) is 46.2 Å². The van der Waals surface area contributed by atoms with Gasteiger partial charge in [-0.05, 0) is 31.4 Å². The fraction of sp³-hybridized carbons (Fsp3) is 0.455. The smallest absolute Gasteiger partial charge is 0.165 e. The molecular formula is C11H13F2NO. The molecule has 4 heteroatoms. The summed E-state index contributed by atoms with van der Waals surface area (Å²) in [5.74, 6) is -2.03. The minimum Gasteiger partial charge on any atom is -0.505 e. The van der Waals surface area contributed by atoms with Crippen molar-refractivity contribution in [3.05, 3.63) is 29.3 Å². The van der Waals surface area contributed by atoms with E-state index in [2.05, 4.69) is 0 Å². The minimum absolute atomic E-state index is 0.212. The third-order valence-electron chi connectivity index (χ3n) is 3.23. The maximum absolute atomic E-state index is 13.5. The highest BCUT2D eigenvalue weighted by molar-refractivity contribution is 5.39. The zero-order chi connectivity index (χ0) is 11.2. The van der Waals surface area contributed by atoms with Crippen molar-refractivity contribution in [1.82, 2.24) is 0 Å². The molecule has 0 aliphatic heterocycles. The molecule has 0 amide bonds. The van der Waals surface area contributed by atoms with E-state index in [1.165, 1.54) is 0 Å². The van der Waals surface area contributed by atoms with Gasteiger partial charge in [0, 0.05) is 17.5 Å². The van der Waals surface area contributed by atoms with Gasteiger partial charge in [-0.2, -0.15) is 0 Å². The third-order valence-corrected chi connectivity index (χ3v) is 3.23. The second kappa shape index (κ2) is 3.17. The number of phenolic OH excluding ortho intramolecular Hbond substituents is 1. The van der Waals surface area contributed by atoms with E-state index in [-0.39, 0.29) is 11.6 Å². The van der Waals surface area contributed by atoms with Gasteiger partial charge in [0.2, 0.25) is 0 Å².